The Morgan fingerprint density at radius 1 is 1.14 bits per heavy atom. The van der Waals surface area contributed by atoms with Gasteiger partial charge in [-0.1, -0.05) is 49.0 Å². The van der Waals surface area contributed by atoms with Gasteiger partial charge in [-0.3, -0.25) is 9.59 Å². The number of hydrogen-bond acceptors (Lipinski definition) is 5. The summed E-state index contributed by atoms with van der Waals surface area (Å²) in [5, 5.41) is 3.61. The number of thioether (sulfide) groups is 1. The van der Waals surface area contributed by atoms with Crippen molar-refractivity contribution in [2.75, 3.05) is 13.2 Å². The topological polar surface area (TPSA) is 84.1 Å². The van der Waals surface area contributed by atoms with Crippen molar-refractivity contribution in [1.82, 2.24) is 15.3 Å². The number of aromatic nitrogens is 2. The molecule has 3 aromatic rings. The van der Waals surface area contributed by atoms with Gasteiger partial charge in [0.2, 0.25) is 0 Å². The molecule has 2 N–H and O–H groups in total. The number of rotatable bonds is 9. The Kier molecular flexibility index (Phi) is 7.08. The molecule has 1 amide bonds. The number of nitrogens with one attached hydrogen (secondary N) is 2. The number of H-pyrrole nitrogens is 1. The summed E-state index contributed by atoms with van der Waals surface area (Å²) in [6, 6.07) is 15.3. The number of hydrogen-bond donors (Lipinski definition) is 2. The van der Waals surface area contributed by atoms with E-state index in [1.165, 1.54) is 0 Å². The highest BCUT2D eigenvalue weighted by Gasteiger charge is 2.12. The molecule has 1 aromatic heterocycles. The average molecular weight is 398 g/mol. The molecule has 0 radical (unpaired) electrons. The first kappa shape index (κ1) is 19.9. The fourth-order valence-electron chi connectivity index (χ4n) is 2.67. The minimum absolute atomic E-state index is 0.168. The third-order valence-electron chi connectivity index (χ3n) is 4.08. The zero-order valence-corrected chi connectivity index (χ0v) is 16.6. The van der Waals surface area contributed by atoms with Crippen LogP contribution in [0.15, 0.2) is 53.7 Å². The summed E-state index contributed by atoms with van der Waals surface area (Å²) in [5.74, 6) is 0.127. The molecule has 1 heterocycles. The minimum atomic E-state index is -0.295. The van der Waals surface area contributed by atoms with Gasteiger partial charge in [0.15, 0.2) is 5.16 Å². The number of carbonyl (C=O) groups is 2. The molecule has 0 aliphatic rings. The summed E-state index contributed by atoms with van der Waals surface area (Å²) < 4.78 is 5.01. The second-order valence-corrected chi connectivity index (χ2v) is 7.20. The number of carbonyl (C=O) groups excluding carboxylic acids is 2. The number of benzene rings is 2. The van der Waals surface area contributed by atoms with Gasteiger partial charge in [0.1, 0.15) is 0 Å². The van der Waals surface area contributed by atoms with Crippen molar-refractivity contribution in [3.8, 4) is 0 Å². The molecular formula is C21H23N3O3S. The second-order valence-electron chi connectivity index (χ2n) is 6.23. The van der Waals surface area contributed by atoms with E-state index >= 15 is 0 Å². The quantitative estimate of drug-likeness (QED) is 0.422. The largest absolute Gasteiger partial charge is 0.466 e. The molecule has 0 atom stereocenters. The van der Waals surface area contributed by atoms with Gasteiger partial charge < -0.3 is 15.0 Å². The smallest absolute Gasteiger partial charge is 0.307 e. The van der Waals surface area contributed by atoms with Crippen molar-refractivity contribution in [1.29, 1.82) is 0 Å². The van der Waals surface area contributed by atoms with E-state index in [9.17, 15) is 9.59 Å². The Hall–Kier alpha value is -2.80. The predicted molar refractivity (Wildman–Crippen MR) is 110 cm³/mol. The number of esters is 1. The third kappa shape index (κ3) is 5.36. The maximum Gasteiger partial charge on any atom is 0.307 e. The molecule has 0 unspecified atom stereocenters. The number of amides is 1. The summed E-state index contributed by atoms with van der Waals surface area (Å²) >= 11 is 1.55. The van der Waals surface area contributed by atoms with Crippen LogP contribution in [0.3, 0.4) is 0 Å². The highest BCUT2D eigenvalue weighted by atomic mass is 32.2. The van der Waals surface area contributed by atoms with Crippen molar-refractivity contribution in [2.45, 2.75) is 30.7 Å². The SMILES string of the molecule is CCCOC(=O)CCNC(=O)c1ccccc1CSc1nc2ccccc2[nH]1. The highest BCUT2D eigenvalue weighted by molar-refractivity contribution is 7.98. The predicted octanol–water partition coefficient (Wildman–Crippen LogP) is 3.93. The lowest BCUT2D eigenvalue weighted by Gasteiger charge is -2.09. The van der Waals surface area contributed by atoms with E-state index < -0.39 is 0 Å². The van der Waals surface area contributed by atoms with E-state index in [1.54, 1.807) is 17.8 Å². The molecule has 0 aliphatic carbocycles. The first-order chi connectivity index (χ1) is 13.7. The molecule has 6 nitrogen and oxygen atoms in total. The van der Waals surface area contributed by atoms with Crippen LogP contribution in [0.5, 0.6) is 0 Å². The van der Waals surface area contributed by atoms with E-state index in [0.29, 0.717) is 17.9 Å². The van der Waals surface area contributed by atoms with Crippen LogP contribution < -0.4 is 5.32 Å². The Balaban J connectivity index is 1.57. The average Bonchev–Trinajstić information content (AvgIpc) is 3.14. The summed E-state index contributed by atoms with van der Waals surface area (Å²) in [4.78, 5) is 31.9. The Bertz CT molecular complexity index is 922. The molecule has 146 valence electrons. The summed E-state index contributed by atoms with van der Waals surface area (Å²) in [6.07, 6.45) is 0.954. The number of para-hydroxylation sites is 2. The van der Waals surface area contributed by atoms with Gasteiger partial charge in [0.25, 0.3) is 5.91 Å². The van der Waals surface area contributed by atoms with Crippen LogP contribution in [0, 0.1) is 0 Å². The van der Waals surface area contributed by atoms with Gasteiger partial charge in [-0.15, -0.1) is 0 Å². The molecular weight excluding hydrogens is 374 g/mol. The number of ether oxygens (including phenoxy) is 1. The zero-order valence-electron chi connectivity index (χ0n) is 15.7. The fourth-order valence-corrected chi connectivity index (χ4v) is 3.56. The fraction of sp³-hybridized carbons (Fsp3) is 0.286. The highest BCUT2D eigenvalue weighted by Crippen LogP contribution is 2.24. The van der Waals surface area contributed by atoms with E-state index in [-0.39, 0.29) is 24.8 Å². The Labute approximate surface area is 168 Å². The zero-order chi connectivity index (χ0) is 19.8. The first-order valence-electron chi connectivity index (χ1n) is 9.26. The summed E-state index contributed by atoms with van der Waals surface area (Å²) in [6.45, 7) is 2.61. The number of nitrogens with zero attached hydrogens (tertiary/aromatic N) is 1. The molecule has 0 saturated carbocycles. The van der Waals surface area contributed by atoms with Gasteiger partial charge in [-0.25, -0.2) is 4.98 Å². The Morgan fingerprint density at radius 3 is 2.75 bits per heavy atom. The van der Waals surface area contributed by atoms with E-state index in [2.05, 4.69) is 15.3 Å². The summed E-state index contributed by atoms with van der Waals surface area (Å²) in [7, 11) is 0. The van der Waals surface area contributed by atoms with E-state index in [0.717, 1.165) is 28.2 Å². The van der Waals surface area contributed by atoms with Crippen molar-refractivity contribution in [3.05, 3.63) is 59.7 Å². The van der Waals surface area contributed by atoms with Crippen LogP contribution in [0.25, 0.3) is 11.0 Å². The van der Waals surface area contributed by atoms with Crippen LogP contribution >= 0.6 is 11.8 Å². The van der Waals surface area contributed by atoms with Crippen LogP contribution in [-0.2, 0) is 15.3 Å². The van der Waals surface area contributed by atoms with E-state index in [1.807, 2.05) is 49.4 Å². The third-order valence-corrected chi connectivity index (χ3v) is 5.00. The molecule has 0 aliphatic heterocycles. The van der Waals surface area contributed by atoms with Crippen molar-refractivity contribution >= 4 is 34.7 Å². The molecule has 0 fully saturated rings. The van der Waals surface area contributed by atoms with Gasteiger partial charge in [0, 0.05) is 17.9 Å². The van der Waals surface area contributed by atoms with Crippen LogP contribution in [0.2, 0.25) is 0 Å². The lowest BCUT2D eigenvalue weighted by molar-refractivity contribution is -0.143. The number of fused-ring (bicyclic) bond motifs is 1. The standard InChI is InChI=1S/C21H23N3O3S/c1-2-13-27-19(25)11-12-22-20(26)16-8-4-3-7-15(16)14-28-21-23-17-9-5-6-10-18(17)24-21/h3-10H,2,11-14H2,1H3,(H,22,26)(H,23,24). The first-order valence-corrected chi connectivity index (χ1v) is 10.2. The normalized spacial score (nSPS) is 10.8. The minimum Gasteiger partial charge on any atom is -0.466 e. The van der Waals surface area contributed by atoms with Crippen LogP contribution in [0.4, 0.5) is 0 Å². The van der Waals surface area contributed by atoms with Crippen molar-refractivity contribution < 1.29 is 14.3 Å². The molecule has 3 rings (SSSR count). The second kappa shape index (κ2) is 9.94. The van der Waals surface area contributed by atoms with Gasteiger partial charge in [-0.05, 0) is 30.2 Å². The molecule has 0 saturated heterocycles. The van der Waals surface area contributed by atoms with Crippen molar-refractivity contribution in [3.63, 3.8) is 0 Å². The molecule has 0 spiro atoms. The molecule has 0 bridgehead atoms. The van der Waals surface area contributed by atoms with E-state index in [4.69, 9.17) is 4.74 Å². The summed E-state index contributed by atoms with van der Waals surface area (Å²) in [5.41, 5.74) is 3.43. The van der Waals surface area contributed by atoms with Gasteiger partial charge in [-0.2, -0.15) is 0 Å². The molecule has 7 heteroatoms. The van der Waals surface area contributed by atoms with Gasteiger partial charge >= 0.3 is 5.97 Å². The van der Waals surface area contributed by atoms with Gasteiger partial charge in [0.05, 0.1) is 24.1 Å². The maximum absolute atomic E-state index is 12.5. The number of aromatic amines is 1. The monoisotopic (exact) mass is 397 g/mol. The van der Waals surface area contributed by atoms with Crippen LogP contribution in [0.1, 0.15) is 35.7 Å². The van der Waals surface area contributed by atoms with Crippen LogP contribution in [-0.4, -0.2) is 35.0 Å². The maximum atomic E-state index is 12.5. The Morgan fingerprint density at radius 2 is 1.93 bits per heavy atom. The lowest BCUT2D eigenvalue weighted by atomic mass is 10.1. The van der Waals surface area contributed by atoms with Crippen molar-refractivity contribution in [2.24, 2.45) is 0 Å². The lowest BCUT2D eigenvalue weighted by Crippen LogP contribution is -2.27. The molecule has 2 aromatic carbocycles. The number of imidazole rings is 1. The molecule has 28 heavy (non-hydrogen) atoms.